The smallest absolute Gasteiger partial charge is 0.343 e. The normalized spacial score (nSPS) is 12.2. The highest BCUT2D eigenvalue weighted by molar-refractivity contribution is 5.95. The Morgan fingerprint density at radius 2 is 1.96 bits per heavy atom. The van der Waals surface area contributed by atoms with Gasteiger partial charge in [0.05, 0.1) is 17.1 Å². The van der Waals surface area contributed by atoms with Crippen LogP contribution in [0.15, 0.2) is 54.7 Å². The molecule has 1 unspecified atom stereocenters. The van der Waals surface area contributed by atoms with Crippen molar-refractivity contribution in [1.29, 1.82) is 0 Å². The van der Waals surface area contributed by atoms with Gasteiger partial charge in [0.15, 0.2) is 0 Å². The van der Waals surface area contributed by atoms with Crippen LogP contribution in [0.25, 0.3) is 10.9 Å². The van der Waals surface area contributed by atoms with E-state index < -0.39 is 0 Å². The summed E-state index contributed by atoms with van der Waals surface area (Å²) in [5.41, 5.74) is 1.44. The van der Waals surface area contributed by atoms with E-state index in [4.69, 9.17) is 4.74 Å². The van der Waals surface area contributed by atoms with E-state index in [1.54, 1.807) is 18.2 Å². The van der Waals surface area contributed by atoms with Crippen molar-refractivity contribution in [3.8, 4) is 5.75 Å². The Bertz CT molecular complexity index is 824. The molecule has 2 aromatic carbocycles. The number of ether oxygens (including phenoxy) is 1. The predicted octanol–water partition coefficient (Wildman–Crippen LogP) is 5.01. The Hall–Kier alpha value is -2.62. The molecular weight excluding hydrogens is 300 g/mol. The zero-order valence-corrected chi connectivity index (χ0v) is 14.1. The molecule has 0 aliphatic carbocycles. The van der Waals surface area contributed by atoms with E-state index in [1.807, 2.05) is 41.2 Å². The van der Waals surface area contributed by atoms with Gasteiger partial charge in [0.25, 0.3) is 0 Å². The fourth-order valence-corrected chi connectivity index (χ4v) is 2.87. The van der Waals surface area contributed by atoms with Gasteiger partial charge in [-0.25, -0.2) is 4.79 Å². The third-order valence-corrected chi connectivity index (χ3v) is 4.18. The lowest BCUT2D eigenvalue weighted by Crippen LogP contribution is -2.08. The van der Waals surface area contributed by atoms with E-state index in [2.05, 4.69) is 18.9 Å². The average Bonchev–Trinajstić information content (AvgIpc) is 3.03. The lowest BCUT2D eigenvalue weighted by atomic mass is 10.1. The predicted molar refractivity (Wildman–Crippen MR) is 95.4 cm³/mol. The second-order valence-electron chi connectivity index (χ2n) is 5.94. The fourth-order valence-electron chi connectivity index (χ4n) is 2.87. The quantitative estimate of drug-likeness (QED) is 0.473. The van der Waals surface area contributed by atoms with E-state index in [0.29, 0.717) is 17.4 Å². The lowest BCUT2D eigenvalue weighted by molar-refractivity contribution is 0.0735. The van der Waals surface area contributed by atoms with Crippen LogP contribution in [-0.2, 0) is 0 Å². The summed E-state index contributed by atoms with van der Waals surface area (Å²) in [5, 5.41) is 5.62. The Kier molecular flexibility index (Phi) is 4.94. The molecular formula is C20H22N2O2. The molecule has 3 rings (SSSR count). The molecule has 0 radical (unpaired) electrons. The van der Waals surface area contributed by atoms with Gasteiger partial charge < -0.3 is 4.74 Å². The largest absolute Gasteiger partial charge is 0.423 e. The number of carbonyl (C=O) groups is 1. The second-order valence-corrected chi connectivity index (χ2v) is 5.94. The minimum atomic E-state index is -0.351. The van der Waals surface area contributed by atoms with Crippen molar-refractivity contribution in [2.45, 2.75) is 39.2 Å². The zero-order chi connectivity index (χ0) is 16.9. The number of carbonyl (C=O) groups excluding carboxylic acids is 1. The number of esters is 1. The van der Waals surface area contributed by atoms with Gasteiger partial charge in [-0.1, -0.05) is 38.5 Å². The van der Waals surface area contributed by atoms with Crippen molar-refractivity contribution in [2.24, 2.45) is 0 Å². The third-order valence-electron chi connectivity index (χ3n) is 4.18. The van der Waals surface area contributed by atoms with Crippen molar-refractivity contribution >= 4 is 16.9 Å². The van der Waals surface area contributed by atoms with Crippen LogP contribution < -0.4 is 4.74 Å². The molecule has 124 valence electrons. The van der Waals surface area contributed by atoms with Crippen LogP contribution in [0.5, 0.6) is 5.75 Å². The number of para-hydroxylation sites is 1. The number of hydrogen-bond acceptors (Lipinski definition) is 3. The molecule has 0 aliphatic heterocycles. The summed E-state index contributed by atoms with van der Waals surface area (Å²) < 4.78 is 7.43. The van der Waals surface area contributed by atoms with Crippen molar-refractivity contribution in [1.82, 2.24) is 9.78 Å². The molecule has 0 amide bonds. The monoisotopic (exact) mass is 322 g/mol. The van der Waals surface area contributed by atoms with Gasteiger partial charge in [-0.2, -0.15) is 5.10 Å². The van der Waals surface area contributed by atoms with Crippen molar-refractivity contribution in [3.05, 3.63) is 60.3 Å². The molecule has 4 heteroatoms. The molecule has 0 N–H and O–H groups in total. The van der Waals surface area contributed by atoms with Crippen LogP contribution in [0.3, 0.4) is 0 Å². The number of aromatic nitrogens is 2. The summed E-state index contributed by atoms with van der Waals surface area (Å²) in [6, 6.07) is 15.0. The average molecular weight is 322 g/mol. The highest BCUT2D eigenvalue weighted by Gasteiger charge is 2.13. The zero-order valence-electron chi connectivity index (χ0n) is 14.1. The number of benzene rings is 2. The maximum atomic E-state index is 12.3. The molecule has 4 nitrogen and oxygen atoms in total. The molecule has 3 aromatic rings. The second kappa shape index (κ2) is 7.30. The van der Waals surface area contributed by atoms with Crippen LogP contribution in [-0.4, -0.2) is 15.7 Å². The molecule has 24 heavy (non-hydrogen) atoms. The van der Waals surface area contributed by atoms with Crippen LogP contribution in [0, 0.1) is 0 Å². The van der Waals surface area contributed by atoms with Gasteiger partial charge in [-0.05, 0) is 43.2 Å². The number of rotatable bonds is 6. The first-order valence-corrected chi connectivity index (χ1v) is 8.47. The highest BCUT2D eigenvalue weighted by atomic mass is 16.5. The van der Waals surface area contributed by atoms with Crippen molar-refractivity contribution in [3.63, 3.8) is 0 Å². The van der Waals surface area contributed by atoms with Crippen LogP contribution in [0.4, 0.5) is 0 Å². The highest BCUT2D eigenvalue weighted by Crippen LogP contribution is 2.22. The van der Waals surface area contributed by atoms with Gasteiger partial charge in [0.2, 0.25) is 0 Å². The first-order chi connectivity index (χ1) is 11.7. The van der Waals surface area contributed by atoms with Gasteiger partial charge in [0, 0.05) is 11.6 Å². The SMILES string of the molecule is CCCC(CC)n1cc2cc(C(=O)Oc3ccccc3)ccc2n1. The van der Waals surface area contributed by atoms with Crippen molar-refractivity contribution < 1.29 is 9.53 Å². The fraction of sp³-hybridized carbons (Fsp3) is 0.300. The first kappa shape index (κ1) is 16.2. The summed E-state index contributed by atoms with van der Waals surface area (Å²) in [7, 11) is 0. The van der Waals surface area contributed by atoms with E-state index >= 15 is 0 Å². The topological polar surface area (TPSA) is 44.1 Å². The molecule has 0 saturated carbocycles. The number of nitrogens with zero attached hydrogens (tertiary/aromatic N) is 2. The molecule has 0 aliphatic rings. The van der Waals surface area contributed by atoms with Gasteiger partial charge >= 0.3 is 5.97 Å². The van der Waals surface area contributed by atoms with E-state index in [9.17, 15) is 4.79 Å². The van der Waals surface area contributed by atoms with Gasteiger partial charge in [0.1, 0.15) is 5.75 Å². The minimum absolute atomic E-state index is 0.351. The van der Waals surface area contributed by atoms with E-state index in [1.165, 1.54) is 0 Å². The van der Waals surface area contributed by atoms with E-state index in [-0.39, 0.29) is 5.97 Å². The van der Waals surface area contributed by atoms with Crippen LogP contribution >= 0.6 is 0 Å². The summed E-state index contributed by atoms with van der Waals surface area (Å²) in [6.45, 7) is 4.36. The minimum Gasteiger partial charge on any atom is -0.423 e. The van der Waals surface area contributed by atoms with Crippen LogP contribution in [0.1, 0.15) is 49.5 Å². The molecule has 0 spiro atoms. The summed E-state index contributed by atoms with van der Waals surface area (Å²) in [4.78, 5) is 12.3. The summed E-state index contributed by atoms with van der Waals surface area (Å²) in [5.74, 6) is 0.198. The lowest BCUT2D eigenvalue weighted by Gasteiger charge is -2.13. The third kappa shape index (κ3) is 3.48. The Labute approximate surface area is 142 Å². The standard InChI is InChI=1S/C20H22N2O2/c1-3-8-17(4-2)22-14-16-13-15(11-12-19(16)21-22)20(23)24-18-9-6-5-7-10-18/h5-7,9-14,17H,3-4,8H2,1-2H3. The summed E-state index contributed by atoms with van der Waals surface area (Å²) >= 11 is 0. The molecule has 0 bridgehead atoms. The first-order valence-electron chi connectivity index (χ1n) is 8.47. The Morgan fingerprint density at radius 3 is 2.67 bits per heavy atom. The van der Waals surface area contributed by atoms with Gasteiger partial charge in [-0.15, -0.1) is 0 Å². The maximum absolute atomic E-state index is 12.3. The number of hydrogen-bond donors (Lipinski definition) is 0. The van der Waals surface area contributed by atoms with Crippen LogP contribution in [0.2, 0.25) is 0 Å². The number of fused-ring (bicyclic) bond motifs is 1. The van der Waals surface area contributed by atoms with Gasteiger partial charge in [-0.3, -0.25) is 4.68 Å². The molecule has 0 saturated heterocycles. The maximum Gasteiger partial charge on any atom is 0.343 e. The Morgan fingerprint density at radius 1 is 1.17 bits per heavy atom. The molecule has 1 heterocycles. The van der Waals surface area contributed by atoms with Crippen molar-refractivity contribution in [2.75, 3.05) is 0 Å². The molecule has 0 fully saturated rings. The summed E-state index contributed by atoms with van der Waals surface area (Å²) in [6.07, 6.45) is 5.31. The Balaban J connectivity index is 1.84. The molecule has 1 atom stereocenters. The van der Waals surface area contributed by atoms with E-state index in [0.717, 1.165) is 30.2 Å². The molecule has 1 aromatic heterocycles.